The van der Waals surface area contributed by atoms with Crippen molar-refractivity contribution in [3.05, 3.63) is 24.3 Å². The molecule has 0 aliphatic heterocycles. The maximum Gasteiger partial charge on any atom is 0.230 e. The number of carbonyl (C=O) groups excluding carboxylic acids is 1. The summed E-state index contributed by atoms with van der Waals surface area (Å²) in [5, 5.41) is -0.231. The highest BCUT2D eigenvalue weighted by molar-refractivity contribution is 8.02. The van der Waals surface area contributed by atoms with E-state index in [2.05, 4.69) is 4.98 Å². The van der Waals surface area contributed by atoms with Gasteiger partial charge in [-0.1, -0.05) is 23.9 Å². The van der Waals surface area contributed by atoms with E-state index in [4.69, 9.17) is 5.73 Å². The van der Waals surface area contributed by atoms with Crippen LogP contribution in [0, 0.1) is 0 Å². The Morgan fingerprint density at radius 3 is 2.93 bits per heavy atom. The monoisotopic (exact) mass is 238 g/mol. The zero-order valence-electron chi connectivity index (χ0n) is 8.14. The minimum atomic E-state index is -0.306. The number of aromatic nitrogens is 1. The number of fused-ring (bicyclic) bond motifs is 1. The Morgan fingerprint density at radius 2 is 2.27 bits per heavy atom. The summed E-state index contributed by atoms with van der Waals surface area (Å²) >= 11 is 3.00. The van der Waals surface area contributed by atoms with Gasteiger partial charge < -0.3 is 5.73 Å². The maximum atomic E-state index is 10.9. The van der Waals surface area contributed by atoms with Crippen molar-refractivity contribution in [1.29, 1.82) is 0 Å². The molecule has 1 aromatic carbocycles. The number of hydrogen-bond acceptors (Lipinski definition) is 4. The fourth-order valence-corrected chi connectivity index (χ4v) is 3.27. The molecule has 1 heterocycles. The molecule has 1 atom stereocenters. The van der Waals surface area contributed by atoms with Crippen LogP contribution in [0.2, 0.25) is 0 Å². The molecule has 0 bridgehead atoms. The smallest absolute Gasteiger partial charge is 0.230 e. The van der Waals surface area contributed by atoms with Gasteiger partial charge in [-0.05, 0) is 19.1 Å². The lowest BCUT2D eigenvalue weighted by atomic mass is 10.3. The Morgan fingerprint density at radius 1 is 1.53 bits per heavy atom. The number of benzene rings is 1. The Kier molecular flexibility index (Phi) is 2.93. The number of primary amides is 1. The molecule has 15 heavy (non-hydrogen) atoms. The van der Waals surface area contributed by atoms with Crippen molar-refractivity contribution < 1.29 is 4.79 Å². The summed E-state index contributed by atoms with van der Waals surface area (Å²) in [6.45, 7) is 1.79. The maximum absolute atomic E-state index is 10.9. The van der Waals surface area contributed by atoms with Crippen LogP contribution in [-0.4, -0.2) is 16.1 Å². The van der Waals surface area contributed by atoms with Crippen molar-refractivity contribution in [2.45, 2.75) is 16.5 Å². The normalized spacial score (nSPS) is 12.9. The number of thiazole rings is 1. The quantitative estimate of drug-likeness (QED) is 0.834. The van der Waals surface area contributed by atoms with Gasteiger partial charge in [0, 0.05) is 0 Å². The van der Waals surface area contributed by atoms with Gasteiger partial charge in [-0.3, -0.25) is 4.79 Å². The highest BCUT2D eigenvalue weighted by Gasteiger charge is 2.13. The van der Waals surface area contributed by atoms with Crippen LogP contribution in [0.15, 0.2) is 28.6 Å². The van der Waals surface area contributed by atoms with Crippen molar-refractivity contribution >= 4 is 39.2 Å². The van der Waals surface area contributed by atoms with E-state index >= 15 is 0 Å². The number of nitrogens with two attached hydrogens (primary N) is 1. The van der Waals surface area contributed by atoms with Gasteiger partial charge in [0.05, 0.1) is 15.5 Å². The number of rotatable bonds is 3. The first-order valence-electron chi connectivity index (χ1n) is 4.48. The van der Waals surface area contributed by atoms with Gasteiger partial charge in [0.1, 0.15) is 0 Å². The second kappa shape index (κ2) is 4.20. The molecule has 5 heteroatoms. The second-order valence-corrected chi connectivity index (χ2v) is 5.73. The van der Waals surface area contributed by atoms with Crippen molar-refractivity contribution in [2.24, 2.45) is 5.73 Å². The van der Waals surface area contributed by atoms with Gasteiger partial charge in [-0.2, -0.15) is 0 Å². The Bertz CT molecular complexity index is 462. The molecular weight excluding hydrogens is 228 g/mol. The summed E-state index contributed by atoms with van der Waals surface area (Å²) in [6, 6.07) is 7.91. The molecule has 0 fully saturated rings. The number of amides is 1. The molecule has 0 unspecified atom stereocenters. The molecule has 2 aromatic rings. The molecular formula is C10H10N2OS2. The van der Waals surface area contributed by atoms with E-state index in [0.717, 1.165) is 14.6 Å². The standard InChI is InChI=1S/C10H10N2OS2/c1-6(9(11)13)14-10-12-7-4-2-3-5-8(7)15-10/h2-6H,1H3,(H2,11,13)/t6-/m0/s1. The molecule has 0 radical (unpaired) electrons. The largest absolute Gasteiger partial charge is 0.369 e. The number of hydrogen-bond donors (Lipinski definition) is 1. The van der Waals surface area contributed by atoms with Crippen molar-refractivity contribution in [2.75, 3.05) is 0 Å². The number of carbonyl (C=O) groups is 1. The van der Waals surface area contributed by atoms with Gasteiger partial charge in [0.15, 0.2) is 4.34 Å². The second-order valence-electron chi connectivity index (χ2n) is 3.11. The van der Waals surface area contributed by atoms with E-state index in [1.807, 2.05) is 24.3 Å². The van der Waals surface area contributed by atoms with Crippen LogP contribution in [0.4, 0.5) is 0 Å². The Balaban J connectivity index is 2.26. The highest BCUT2D eigenvalue weighted by Crippen LogP contribution is 2.31. The van der Waals surface area contributed by atoms with E-state index in [-0.39, 0.29) is 11.2 Å². The fraction of sp³-hybridized carbons (Fsp3) is 0.200. The summed E-state index contributed by atoms with van der Waals surface area (Å²) in [5.74, 6) is -0.306. The summed E-state index contributed by atoms with van der Waals surface area (Å²) in [5.41, 5.74) is 6.17. The Hall–Kier alpha value is -1.07. The molecule has 0 spiro atoms. The molecule has 1 amide bonds. The van der Waals surface area contributed by atoms with E-state index in [1.54, 1.807) is 18.3 Å². The van der Waals surface area contributed by atoms with Gasteiger partial charge in [0.2, 0.25) is 5.91 Å². The lowest BCUT2D eigenvalue weighted by Gasteiger charge is -2.01. The Labute approximate surface area is 95.7 Å². The summed E-state index contributed by atoms with van der Waals surface area (Å²) in [6.07, 6.45) is 0. The summed E-state index contributed by atoms with van der Waals surface area (Å²) in [7, 11) is 0. The summed E-state index contributed by atoms with van der Waals surface area (Å²) in [4.78, 5) is 15.3. The predicted molar refractivity (Wildman–Crippen MR) is 64.1 cm³/mol. The highest BCUT2D eigenvalue weighted by atomic mass is 32.2. The van der Waals surface area contributed by atoms with Gasteiger partial charge >= 0.3 is 0 Å². The van der Waals surface area contributed by atoms with Crippen molar-refractivity contribution in [3.63, 3.8) is 0 Å². The minimum absolute atomic E-state index is 0.231. The van der Waals surface area contributed by atoms with Crippen LogP contribution >= 0.6 is 23.1 Å². The van der Waals surface area contributed by atoms with Gasteiger partial charge in [-0.25, -0.2) is 4.98 Å². The van der Waals surface area contributed by atoms with E-state index in [1.165, 1.54) is 11.8 Å². The molecule has 0 saturated heterocycles. The fourth-order valence-electron chi connectivity index (χ4n) is 1.11. The lowest BCUT2D eigenvalue weighted by molar-refractivity contribution is -0.117. The topological polar surface area (TPSA) is 56.0 Å². The van der Waals surface area contributed by atoms with Crippen LogP contribution in [-0.2, 0) is 4.79 Å². The third kappa shape index (κ3) is 2.30. The molecule has 2 rings (SSSR count). The third-order valence-corrected chi connectivity index (χ3v) is 4.20. The van der Waals surface area contributed by atoms with E-state index in [9.17, 15) is 4.79 Å². The van der Waals surface area contributed by atoms with Crippen LogP contribution in [0.25, 0.3) is 10.2 Å². The molecule has 0 aliphatic carbocycles. The van der Waals surface area contributed by atoms with Crippen molar-refractivity contribution in [3.8, 4) is 0 Å². The SMILES string of the molecule is C[C@H](Sc1nc2ccccc2s1)C(N)=O. The van der Waals surface area contributed by atoms with Crippen LogP contribution in [0.5, 0.6) is 0 Å². The zero-order chi connectivity index (χ0) is 10.8. The number of thioether (sulfide) groups is 1. The van der Waals surface area contributed by atoms with Crippen LogP contribution in [0.1, 0.15) is 6.92 Å². The zero-order valence-corrected chi connectivity index (χ0v) is 9.77. The minimum Gasteiger partial charge on any atom is -0.369 e. The average molecular weight is 238 g/mol. The van der Waals surface area contributed by atoms with E-state index < -0.39 is 0 Å². The third-order valence-electron chi connectivity index (χ3n) is 1.95. The average Bonchev–Trinajstić information content (AvgIpc) is 2.59. The number of para-hydroxylation sites is 1. The number of nitrogens with zero attached hydrogens (tertiary/aromatic N) is 1. The van der Waals surface area contributed by atoms with Crippen LogP contribution in [0.3, 0.4) is 0 Å². The van der Waals surface area contributed by atoms with E-state index in [0.29, 0.717) is 0 Å². The molecule has 0 aliphatic rings. The molecule has 2 N–H and O–H groups in total. The first kappa shape index (κ1) is 10.4. The molecule has 0 saturated carbocycles. The van der Waals surface area contributed by atoms with Gasteiger partial charge in [-0.15, -0.1) is 11.3 Å². The first-order chi connectivity index (χ1) is 7.16. The van der Waals surface area contributed by atoms with Crippen LogP contribution < -0.4 is 5.73 Å². The summed E-state index contributed by atoms with van der Waals surface area (Å²) < 4.78 is 2.03. The van der Waals surface area contributed by atoms with Gasteiger partial charge in [0.25, 0.3) is 0 Å². The lowest BCUT2D eigenvalue weighted by Crippen LogP contribution is -2.22. The molecule has 78 valence electrons. The molecule has 1 aromatic heterocycles. The molecule has 3 nitrogen and oxygen atoms in total. The first-order valence-corrected chi connectivity index (χ1v) is 6.18. The predicted octanol–water partition coefficient (Wildman–Crippen LogP) is 2.26. The van der Waals surface area contributed by atoms with Crippen molar-refractivity contribution in [1.82, 2.24) is 4.98 Å².